The molecule has 1 heterocycles. The predicted octanol–water partition coefficient (Wildman–Crippen LogP) is 1.09. The fourth-order valence-electron chi connectivity index (χ4n) is 1.04. The van der Waals surface area contributed by atoms with Gasteiger partial charge >= 0.3 is 0 Å². The van der Waals surface area contributed by atoms with Crippen molar-refractivity contribution >= 4 is 17.2 Å². The van der Waals surface area contributed by atoms with Crippen LogP contribution in [-0.2, 0) is 4.79 Å². The van der Waals surface area contributed by atoms with E-state index >= 15 is 0 Å². The van der Waals surface area contributed by atoms with Crippen LogP contribution in [0.5, 0.6) is 0 Å². The van der Waals surface area contributed by atoms with Crippen molar-refractivity contribution in [2.75, 3.05) is 0 Å². The molecule has 0 saturated heterocycles. The summed E-state index contributed by atoms with van der Waals surface area (Å²) in [5.74, 6) is 0. The number of carbonyl (C=O) groups excluding carboxylic acids is 1. The minimum Gasteiger partial charge on any atom is -0.285 e. The molecule has 0 N–H and O–H groups in total. The maximum atomic E-state index is 10.3. The van der Waals surface area contributed by atoms with Crippen molar-refractivity contribution < 1.29 is 4.79 Å². The van der Waals surface area contributed by atoms with Gasteiger partial charge < -0.3 is 0 Å². The zero-order chi connectivity index (χ0) is 8.39. The second kappa shape index (κ2) is 2.70. The van der Waals surface area contributed by atoms with Gasteiger partial charge in [0, 0.05) is 10.9 Å². The fourth-order valence-corrected chi connectivity index (χ4v) is 1.04. The molecule has 0 aliphatic rings. The minimum atomic E-state index is 0.503. The van der Waals surface area contributed by atoms with Crippen molar-refractivity contribution in [1.82, 2.24) is 10.2 Å². The molecule has 3 heteroatoms. The zero-order valence-electron chi connectivity index (χ0n) is 6.19. The van der Waals surface area contributed by atoms with Gasteiger partial charge in [0.2, 0.25) is 6.29 Å². The lowest BCUT2D eigenvalue weighted by molar-refractivity contribution is 0.563. The van der Waals surface area contributed by atoms with Crippen molar-refractivity contribution in [2.45, 2.75) is 0 Å². The second-order valence-electron chi connectivity index (χ2n) is 2.41. The third kappa shape index (κ3) is 1.05. The summed E-state index contributed by atoms with van der Waals surface area (Å²) in [5.41, 5.74) is 1.22. The lowest BCUT2D eigenvalue weighted by Crippen LogP contribution is -1.85. The Kier molecular flexibility index (Phi) is 1.55. The Morgan fingerprint density at radius 2 is 2.17 bits per heavy atom. The van der Waals surface area contributed by atoms with E-state index < -0.39 is 0 Å². The van der Waals surface area contributed by atoms with Crippen LogP contribution in [0.1, 0.15) is 5.56 Å². The van der Waals surface area contributed by atoms with Gasteiger partial charge in [-0.25, -0.2) is 0 Å². The Bertz CT molecular complexity index is 426. The number of nitrogens with zero attached hydrogens (tertiary/aromatic N) is 2. The monoisotopic (exact) mass is 157 g/mol. The Balaban J connectivity index is 2.75. The van der Waals surface area contributed by atoms with Crippen molar-refractivity contribution in [3.05, 3.63) is 36.0 Å². The molecule has 0 aliphatic heterocycles. The smallest absolute Gasteiger partial charge is 0.233 e. The summed E-state index contributed by atoms with van der Waals surface area (Å²) in [6.45, 7) is 0. The van der Waals surface area contributed by atoms with E-state index in [2.05, 4.69) is 10.2 Å². The van der Waals surface area contributed by atoms with E-state index in [1.165, 1.54) is 0 Å². The predicted molar refractivity (Wildman–Crippen MR) is 44.3 cm³/mol. The summed E-state index contributed by atoms with van der Waals surface area (Å²) < 4.78 is 0. The largest absolute Gasteiger partial charge is 0.285 e. The molecule has 57 valence electrons. The first-order valence-corrected chi connectivity index (χ1v) is 3.50. The van der Waals surface area contributed by atoms with Gasteiger partial charge in [-0.05, 0) is 12.1 Å². The molecule has 12 heavy (non-hydrogen) atoms. The molecule has 1 radical (unpaired) electrons. The first-order chi connectivity index (χ1) is 5.90. The van der Waals surface area contributed by atoms with Crippen LogP contribution < -0.4 is 0 Å². The van der Waals surface area contributed by atoms with Crippen LogP contribution in [0.4, 0.5) is 0 Å². The third-order valence-electron chi connectivity index (χ3n) is 1.63. The molecule has 3 nitrogen and oxygen atoms in total. The maximum absolute atomic E-state index is 10.3. The van der Waals surface area contributed by atoms with Gasteiger partial charge in [-0.2, -0.15) is 10.2 Å². The number of fused-ring (bicyclic) bond motifs is 1. The summed E-state index contributed by atoms with van der Waals surface area (Å²) in [4.78, 5) is 10.3. The molecular formula is C9H5N2O. The molecule has 1 aromatic carbocycles. The fraction of sp³-hybridized carbons (Fsp3) is 0. The van der Waals surface area contributed by atoms with Gasteiger partial charge in [-0.3, -0.25) is 4.79 Å². The normalized spacial score (nSPS) is 10.0. The molecule has 0 atom stereocenters. The van der Waals surface area contributed by atoms with Crippen LogP contribution in [0.2, 0.25) is 0 Å². The van der Waals surface area contributed by atoms with Crippen molar-refractivity contribution in [2.24, 2.45) is 0 Å². The molecule has 1 aromatic heterocycles. The number of rotatable bonds is 1. The molecule has 2 aromatic rings. The maximum Gasteiger partial charge on any atom is 0.233 e. The summed E-state index contributed by atoms with van der Waals surface area (Å²) in [5, 5.41) is 8.55. The van der Waals surface area contributed by atoms with Gasteiger partial charge in [0.15, 0.2) is 0 Å². The highest BCUT2D eigenvalue weighted by Gasteiger charge is 1.95. The molecule has 0 amide bonds. The summed E-state index contributed by atoms with van der Waals surface area (Å²) >= 11 is 0. The molecule has 0 saturated carbocycles. The summed E-state index contributed by atoms with van der Waals surface area (Å²) in [7, 11) is 0. The van der Waals surface area contributed by atoms with E-state index in [9.17, 15) is 4.79 Å². The summed E-state index contributed by atoms with van der Waals surface area (Å²) in [6.07, 6.45) is 3.42. The van der Waals surface area contributed by atoms with Crippen LogP contribution in [-0.4, -0.2) is 16.5 Å². The van der Waals surface area contributed by atoms with Crippen LogP contribution in [0, 0.1) is 0 Å². The number of hydrogen-bond donors (Lipinski definition) is 0. The van der Waals surface area contributed by atoms with Gasteiger partial charge in [0.1, 0.15) is 0 Å². The lowest BCUT2D eigenvalue weighted by Gasteiger charge is -1.93. The average Bonchev–Trinajstić information content (AvgIpc) is 2.17. The molecule has 0 fully saturated rings. The van der Waals surface area contributed by atoms with Crippen LogP contribution in [0.25, 0.3) is 10.9 Å². The van der Waals surface area contributed by atoms with Crippen molar-refractivity contribution in [1.29, 1.82) is 0 Å². The average molecular weight is 157 g/mol. The standard InChI is InChI=1S/C9H5N2O/c12-6-7-1-2-8-3-4-10-11-9(8)5-7/h1-5H. The molecule has 0 aliphatic carbocycles. The molecule has 2 rings (SSSR count). The molecular weight excluding hydrogens is 152 g/mol. The van der Waals surface area contributed by atoms with E-state index in [-0.39, 0.29) is 0 Å². The van der Waals surface area contributed by atoms with Crippen molar-refractivity contribution in [3.8, 4) is 0 Å². The Morgan fingerprint density at radius 3 is 3.00 bits per heavy atom. The number of benzene rings is 1. The van der Waals surface area contributed by atoms with E-state index in [4.69, 9.17) is 0 Å². The first-order valence-electron chi connectivity index (χ1n) is 3.50. The third-order valence-corrected chi connectivity index (χ3v) is 1.63. The van der Waals surface area contributed by atoms with E-state index in [1.54, 1.807) is 24.6 Å². The van der Waals surface area contributed by atoms with Gasteiger partial charge in [-0.15, -0.1) is 0 Å². The van der Waals surface area contributed by atoms with Crippen LogP contribution >= 0.6 is 0 Å². The van der Waals surface area contributed by atoms with Gasteiger partial charge in [-0.1, -0.05) is 12.1 Å². The topological polar surface area (TPSA) is 42.9 Å². The Morgan fingerprint density at radius 1 is 1.25 bits per heavy atom. The van der Waals surface area contributed by atoms with Gasteiger partial charge in [0.25, 0.3) is 0 Å². The minimum absolute atomic E-state index is 0.503. The van der Waals surface area contributed by atoms with Crippen LogP contribution in [0.15, 0.2) is 30.5 Å². The van der Waals surface area contributed by atoms with E-state index in [0.29, 0.717) is 5.56 Å². The Hall–Kier alpha value is -1.77. The molecule has 0 spiro atoms. The zero-order valence-corrected chi connectivity index (χ0v) is 6.19. The summed E-state index contributed by atoms with van der Waals surface area (Å²) in [6, 6.07) is 7.04. The van der Waals surface area contributed by atoms with Crippen molar-refractivity contribution in [3.63, 3.8) is 0 Å². The second-order valence-corrected chi connectivity index (χ2v) is 2.41. The SMILES string of the molecule is O=[C]c1ccc2ccnnc2c1. The number of aromatic nitrogens is 2. The molecule has 0 unspecified atom stereocenters. The molecule has 0 bridgehead atoms. The van der Waals surface area contributed by atoms with Gasteiger partial charge in [0.05, 0.1) is 11.7 Å². The first kappa shape index (κ1) is 6.91. The highest BCUT2D eigenvalue weighted by atomic mass is 16.1. The highest BCUT2D eigenvalue weighted by molar-refractivity contribution is 5.86. The highest BCUT2D eigenvalue weighted by Crippen LogP contribution is 2.10. The van der Waals surface area contributed by atoms with E-state index in [0.717, 1.165) is 10.9 Å². The quantitative estimate of drug-likeness (QED) is 0.622. The lowest BCUT2D eigenvalue weighted by atomic mass is 10.2. The van der Waals surface area contributed by atoms with Crippen LogP contribution in [0.3, 0.4) is 0 Å². The Labute approximate surface area is 69.0 Å². The number of hydrogen-bond acceptors (Lipinski definition) is 3. The van der Waals surface area contributed by atoms with E-state index in [1.807, 2.05) is 12.1 Å².